The van der Waals surface area contributed by atoms with Crippen LogP contribution in [0.5, 0.6) is 11.5 Å². The number of aliphatic imine (C=N–C) groups is 1. The molecule has 0 spiro atoms. The minimum atomic E-state index is 0. The van der Waals surface area contributed by atoms with Crippen LogP contribution in [0.3, 0.4) is 0 Å². The Balaban J connectivity index is 0.00000450. The van der Waals surface area contributed by atoms with E-state index in [1.807, 2.05) is 31.3 Å². The predicted molar refractivity (Wildman–Crippen MR) is 134 cm³/mol. The second kappa shape index (κ2) is 15.5. The molecule has 1 heterocycles. The van der Waals surface area contributed by atoms with Crippen LogP contribution in [0.25, 0.3) is 0 Å². The number of rotatable bonds is 11. The molecule has 1 saturated heterocycles. The van der Waals surface area contributed by atoms with Crippen LogP contribution in [-0.4, -0.2) is 76.6 Å². The number of halogens is 1. The summed E-state index contributed by atoms with van der Waals surface area (Å²) >= 11 is 0. The number of benzene rings is 1. The van der Waals surface area contributed by atoms with E-state index in [1.54, 1.807) is 7.11 Å². The third kappa shape index (κ3) is 10.7. The minimum Gasteiger partial charge on any atom is -0.497 e. The predicted octanol–water partition coefficient (Wildman–Crippen LogP) is 3.14. The minimum absolute atomic E-state index is 0. The fraction of sp³-hybridized carbons (Fsp3) is 0.682. The van der Waals surface area contributed by atoms with Crippen molar-refractivity contribution < 1.29 is 14.2 Å². The highest BCUT2D eigenvalue weighted by molar-refractivity contribution is 14.0. The Morgan fingerprint density at radius 3 is 2.60 bits per heavy atom. The fourth-order valence-electron chi connectivity index (χ4n) is 3.27. The summed E-state index contributed by atoms with van der Waals surface area (Å²) < 4.78 is 16.6. The smallest absolute Gasteiger partial charge is 0.191 e. The lowest BCUT2D eigenvalue weighted by Gasteiger charge is -2.33. The van der Waals surface area contributed by atoms with Gasteiger partial charge in [0, 0.05) is 45.3 Å². The first-order valence-electron chi connectivity index (χ1n) is 10.7. The van der Waals surface area contributed by atoms with Crippen molar-refractivity contribution in [2.75, 3.05) is 53.6 Å². The molecule has 7 nitrogen and oxygen atoms in total. The van der Waals surface area contributed by atoms with Gasteiger partial charge in [0.05, 0.1) is 26.4 Å². The topological polar surface area (TPSA) is 67.4 Å². The molecule has 2 N–H and O–H groups in total. The van der Waals surface area contributed by atoms with Crippen LogP contribution < -0.4 is 20.1 Å². The van der Waals surface area contributed by atoms with Gasteiger partial charge in [-0.05, 0) is 45.2 Å². The number of nitrogens with one attached hydrogen (secondary N) is 2. The second-order valence-electron chi connectivity index (χ2n) is 7.56. The Bertz CT molecular complexity index is 608. The van der Waals surface area contributed by atoms with Crippen molar-refractivity contribution in [1.29, 1.82) is 0 Å². The van der Waals surface area contributed by atoms with Crippen LogP contribution >= 0.6 is 24.0 Å². The van der Waals surface area contributed by atoms with E-state index in [1.165, 1.54) is 0 Å². The molecule has 0 aliphatic carbocycles. The zero-order valence-corrected chi connectivity index (χ0v) is 21.2. The quantitative estimate of drug-likeness (QED) is 0.197. The van der Waals surface area contributed by atoms with Crippen LogP contribution in [0.2, 0.25) is 0 Å². The van der Waals surface area contributed by atoms with Gasteiger partial charge in [0.25, 0.3) is 0 Å². The van der Waals surface area contributed by atoms with Gasteiger partial charge in [0.2, 0.25) is 0 Å². The average molecular weight is 534 g/mol. The van der Waals surface area contributed by atoms with E-state index >= 15 is 0 Å². The van der Waals surface area contributed by atoms with E-state index < -0.39 is 0 Å². The lowest BCUT2D eigenvalue weighted by atomic mass is 10.1. The van der Waals surface area contributed by atoms with Crippen molar-refractivity contribution in [2.24, 2.45) is 4.99 Å². The molecule has 0 unspecified atom stereocenters. The first-order chi connectivity index (χ1) is 14.1. The normalized spacial score (nSPS) is 15.6. The van der Waals surface area contributed by atoms with Gasteiger partial charge < -0.3 is 29.7 Å². The molecule has 172 valence electrons. The van der Waals surface area contributed by atoms with Crippen LogP contribution in [0.1, 0.15) is 33.1 Å². The van der Waals surface area contributed by atoms with E-state index in [-0.39, 0.29) is 24.0 Å². The first-order valence-corrected chi connectivity index (χ1v) is 10.7. The summed E-state index contributed by atoms with van der Waals surface area (Å²) in [5.74, 6) is 2.51. The maximum absolute atomic E-state index is 5.78. The molecule has 1 fully saturated rings. The molecule has 0 bridgehead atoms. The van der Waals surface area contributed by atoms with Crippen LogP contribution in [0.4, 0.5) is 0 Å². The van der Waals surface area contributed by atoms with Crippen molar-refractivity contribution in [1.82, 2.24) is 15.5 Å². The third-order valence-electron chi connectivity index (χ3n) is 4.93. The maximum Gasteiger partial charge on any atom is 0.191 e. The van der Waals surface area contributed by atoms with E-state index in [0.29, 0.717) is 18.8 Å². The summed E-state index contributed by atoms with van der Waals surface area (Å²) in [4.78, 5) is 6.83. The molecule has 1 aromatic carbocycles. The zero-order chi connectivity index (χ0) is 20.9. The molecule has 0 saturated carbocycles. The zero-order valence-electron chi connectivity index (χ0n) is 18.9. The molecule has 1 aromatic rings. The summed E-state index contributed by atoms with van der Waals surface area (Å²) in [5, 5.41) is 6.93. The molecule has 2 rings (SSSR count). The Kier molecular flexibility index (Phi) is 13.9. The van der Waals surface area contributed by atoms with Crippen molar-refractivity contribution >= 4 is 29.9 Å². The van der Waals surface area contributed by atoms with Crippen molar-refractivity contribution in [3.05, 3.63) is 24.3 Å². The number of likely N-dealkylation sites (tertiary alicyclic amines) is 1. The van der Waals surface area contributed by atoms with Gasteiger partial charge in [-0.25, -0.2) is 0 Å². The molecule has 8 heteroatoms. The van der Waals surface area contributed by atoms with Crippen LogP contribution in [0.15, 0.2) is 29.3 Å². The number of nitrogens with zero attached hydrogens (tertiary/aromatic N) is 2. The van der Waals surface area contributed by atoms with Crippen molar-refractivity contribution in [3.8, 4) is 11.5 Å². The maximum atomic E-state index is 5.78. The molecule has 0 atom stereocenters. The van der Waals surface area contributed by atoms with Gasteiger partial charge in [0.15, 0.2) is 5.96 Å². The molecule has 0 amide bonds. The molecular formula is C22H39IN4O3. The fourth-order valence-corrected chi connectivity index (χ4v) is 3.27. The Labute approximate surface area is 199 Å². The number of ether oxygens (including phenoxy) is 3. The highest BCUT2D eigenvalue weighted by atomic mass is 127. The van der Waals surface area contributed by atoms with Crippen LogP contribution in [0, 0.1) is 0 Å². The average Bonchev–Trinajstić information content (AvgIpc) is 2.73. The SMILES string of the molecule is CN=C(NCCCOc1cccc(OC)c1)NC1CCN(CCOC(C)C)CC1.I. The lowest BCUT2D eigenvalue weighted by molar-refractivity contribution is 0.0532. The van der Waals surface area contributed by atoms with Gasteiger partial charge in [0.1, 0.15) is 11.5 Å². The number of hydrogen-bond acceptors (Lipinski definition) is 5. The standard InChI is InChI=1S/C22H38N4O3.HI/c1-18(2)28-16-14-26-12-9-19(10-13-26)25-22(23-3)24-11-6-15-29-21-8-5-7-20(17-21)27-4;/h5,7-8,17-19H,6,9-16H2,1-4H3,(H2,23,24,25);1H. The van der Waals surface area contributed by atoms with Gasteiger partial charge in [-0.15, -0.1) is 24.0 Å². The van der Waals surface area contributed by atoms with Crippen molar-refractivity contribution in [2.45, 2.75) is 45.3 Å². The summed E-state index contributed by atoms with van der Waals surface area (Å²) in [6.07, 6.45) is 3.46. The lowest BCUT2D eigenvalue weighted by Crippen LogP contribution is -2.49. The molecule has 1 aliphatic heterocycles. The van der Waals surface area contributed by atoms with Gasteiger partial charge in [-0.1, -0.05) is 6.07 Å². The molecule has 0 radical (unpaired) electrons. The van der Waals surface area contributed by atoms with E-state index in [4.69, 9.17) is 14.2 Å². The summed E-state index contributed by atoms with van der Waals surface area (Å²) in [6, 6.07) is 8.15. The monoisotopic (exact) mass is 534 g/mol. The number of hydrogen-bond donors (Lipinski definition) is 2. The van der Waals surface area contributed by atoms with Gasteiger partial charge in [-0.3, -0.25) is 4.99 Å². The highest BCUT2D eigenvalue weighted by Crippen LogP contribution is 2.18. The largest absolute Gasteiger partial charge is 0.497 e. The number of methoxy groups -OCH3 is 1. The summed E-state index contributed by atoms with van der Waals surface area (Å²) in [5.41, 5.74) is 0. The van der Waals surface area contributed by atoms with Crippen LogP contribution in [-0.2, 0) is 4.74 Å². The summed E-state index contributed by atoms with van der Waals surface area (Å²) in [6.45, 7) is 9.67. The third-order valence-corrected chi connectivity index (χ3v) is 4.93. The molecule has 0 aromatic heterocycles. The highest BCUT2D eigenvalue weighted by Gasteiger charge is 2.19. The molecule has 30 heavy (non-hydrogen) atoms. The van der Waals surface area contributed by atoms with Gasteiger partial charge >= 0.3 is 0 Å². The van der Waals surface area contributed by atoms with Gasteiger partial charge in [-0.2, -0.15) is 0 Å². The molecular weight excluding hydrogens is 495 g/mol. The van der Waals surface area contributed by atoms with Crippen molar-refractivity contribution in [3.63, 3.8) is 0 Å². The molecule has 1 aliphatic rings. The first kappa shape index (κ1) is 26.8. The van der Waals surface area contributed by atoms with E-state index in [9.17, 15) is 0 Å². The number of guanidine groups is 1. The summed E-state index contributed by atoms with van der Waals surface area (Å²) in [7, 11) is 3.48. The Morgan fingerprint density at radius 1 is 1.20 bits per heavy atom. The Hall–Kier alpha value is -1.26. The van der Waals surface area contributed by atoms with E-state index in [0.717, 1.165) is 69.5 Å². The second-order valence-corrected chi connectivity index (χ2v) is 7.56. The number of piperidine rings is 1. The Morgan fingerprint density at radius 2 is 1.93 bits per heavy atom. The van der Waals surface area contributed by atoms with E-state index in [2.05, 4.69) is 34.4 Å².